The number of amides is 2. The van der Waals surface area contributed by atoms with Gasteiger partial charge in [0.05, 0.1) is 6.10 Å². The van der Waals surface area contributed by atoms with E-state index in [0.29, 0.717) is 6.42 Å². The Kier molecular flexibility index (Phi) is 3.98. The van der Waals surface area contributed by atoms with Gasteiger partial charge in [0.1, 0.15) is 0 Å². The molecule has 3 N–H and O–H groups in total. The number of benzene rings is 1. The summed E-state index contributed by atoms with van der Waals surface area (Å²) in [4.78, 5) is 11.7. The molecule has 2 amide bonds. The smallest absolute Gasteiger partial charge is 0.319 e. The van der Waals surface area contributed by atoms with Gasteiger partial charge in [-0.15, -0.1) is 0 Å². The van der Waals surface area contributed by atoms with Crippen molar-refractivity contribution in [3.8, 4) is 0 Å². The fourth-order valence-electron chi connectivity index (χ4n) is 2.17. The Labute approximate surface area is 101 Å². The Morgan fingerprint density at radius 2 is 2.00 bits per heavy atom. The Morgan fingerprint density at radius 1 is 1.24 bits per heavy atom. The third-order valence-electron chi connectivity index (χ3n) is 3.01. The first-order valence-electron chi connectivity index (χ1n) is 6.04. The molecule has 4 heteroatoms. The van der Waals surface area contributed by atoms with Crippen molar-refractivity contribution in [3.63, 3.8) is 0 Å². The fraction of sp³-hybridized carbons (Fsp3) is 0.462. The van der Waals surface area contributed by atoms with Crippen molar-refractivity contribution in [3.05, 3.63) is 30.3 Å². The van der Waals surface area contributed by atoms with Crippen molar-refractivity contribution in [1.82, 2.24) is 5.32 Å². The minimum absolute atomic E-state index is 0.0856. The van der Waals surface area contributed by atoms with E-state index in [1.54, 1.807) is 0 Å². The molecule has 0 unspecified atom stereocenters. The van der Waals surface area contributed by atoms with Crippen LogP contribution in [0, 0.1) is 0 Å². The van der Waals surface area contributed by atoms with Gasteiger partial charge in [-0.25, -0.2) is 4.79 Å². The fourth-order valence-corrected chi connectivity index (χ4v) is 2.17. The van der Waals surface area contributed by atoms with E-state index in [-0.39, 0.29) is 18.2 Å². The molecule has 17 heavy (non-hydrogen) atoms. The van der Waals surface area contributed by atoms with Crippen LogP contribution < -0.4 is 10.6 Å². The number of carbonyl (C=O) groups is 1. The maximum Gasteiger partial charge on any atom is 0.319 e. The first-order chi connectivity index (χ1) is 8.24. The molecule has 1 aromatic carbocycles. The van der Waals surface area contributed by atoms with Crippen molar-refractivity contribution in [2.75, 3.05) is 5.32 Å². The van der Waals surface area contributed by atoms with Crippen LogP contribution in [-0.4, -0.2) is 23.3 Å². The van der Waals surface area contributed by atoms with Crippen LogP contribution in [0.25, 0.3) is 0 Å². The number of nitrogens with one attached hydrogen (secondary N) is 2. The average Bonchev–Trinajstić information content (AvgIpc) is 2.30. The van der Waals surface area contributed by atoms with E-state index in [0.717, 1.165) is 24.9 Å². The standard InChI is InChI=1S/C13H18N2O2/c16-12-8-4-7-11(9-12)15-13(17)14-10-5-2-1-3-6-10/h1-3,5-6,11-12,16H,4,7-9H2,(H2,14,15,17)/t11-,12-/m0/s1. The van der Waals surface area contributed by atoms with Crippen LogP contribution in [-0.2, 0) is 0 Å². The average molecular weight is 234 g/mol. The molecule has 1 aromatic rings. The van der Waals surface area contributed by atoms with Crippen LogP contribution in [0.5, 0.6) is 0 Å². The molecule has 0 radical (unpaired) electrons. The van der Waals surface area contributed by atoms with Gasteiger partial charge in [-0.2, -0.15) is 0 Å². The summed E-state index contributed by atoms with van der Waals surface area (Å²) in [6, 6.07) is 9.23. The molecule has 1 fully saturated rings. The van der Waals surface area contributed by atoms with Gasteiger partial charge in [-0.1, -0.05) is 18.2 Å². The molecule has 4 nitrogen and oxygen atoms in total. The highest BCUT2D eigenvalue weighted by Gasteiger charge is 2.21. The zero-order valence-electron chi connectivity index (χ0n) is 9.73. The van der Waals surface area contributed by atoms with E-state index in [4.69, 9.17) is 0 Å². The lowest BCUT2D eigenvalue weighted by molar-refractivity contribution is 0.114. The Hall–Kier alpha value is -1.55. The molecule has 0 aliphatic heterocycles. The number of hydrogen-bond acceptors (Lipinski definition) is 2. The number of aliphatic hydroxyl groups excluding tert-OH is 1. The zero-order chi connectivity index (χ0) is 12.1. The van der Waals surface area contributed by atoms with E-state index >= 15 is 0 Å². The maximum atomic E-state index is 11.7. The molecule has 0 aromatic heterocycles. The number of carbonyl (C=O) groups excluding carboxylic acids is 1. The number of aliphatic hydroxyl groups is 1. The predicted octanol–water partition coefficient (Wildman–Crippen LogP) is 2.11. The van der Waals surface area contributed by atoms with Gasteiger partial charge in [-0.05, 0) is 37.8 Å². The van der Waals surface area contributed by atoms with Gasteiger partial charge in [0.2, 0.25) is 0 Å². The van der Waals surface area contributed by atoms with Crippen molar-refractivity contribution in [2.24, 2.45) is 0 Å². The number of anilines is 1. The highest BCUT2D eigenvalue weighted by molar-refractivity contribution is 5.89. The van der Waals surface area contributed by atoms with Crippen molar-refractivity contribution in [1.29, 1.82) is 0 Å². The van der Waals surface area contributed by atoms with Gasteiger partial charge < -0.3 is 15.7 Å². The number of hydrogen-bond donors (Lipinski definition) is 3. The predicted molar refractivity (Wildman–Crippen MR) is 66.9 cm³/mol. The lowest BCUT2D eigenvalue weighted by Gasteiger charge is -2.26. The summed E-state index contributed by atoms with van der Waals surface area (Å²) in [7, 11) is 0. The monoisotopic (exact) mass is 234 g/mol. The third-order valence-corrected chi connectivity index (χ3v) is 3.01. The number of para-hydroxylation sites is 1. The second-order valence-corrected chi connectivity index (χ2v) is 4.48. The van der Waals surface area contributed by atoms with E-state index in [9.17, 15) is 9.90 Å². The molecule has 1 aliphatic rings. The highest BCUT2D eigenvalue weighted by Crippen LogP contribution is 2.18. The summed E-state index contributed by atoms with van der Waals surface area (Å²) in [6.45, 7) is 0. The van der Waals surface area contributed by atoms with Crippen LogP contribution in [0.2, 0.25) is 0 Å². The van der Waals surface area contributed by atoms with Crippen molar-refractivity contribution < 1.29 is 9.90 Å². The zero-order valence-corrected chi connectivity index (χ0v) is 9.73. The molecule has 1 saturated carbocycles. The Morgan fingerprint density at radius 3 is 2.71 bits per heavy atom. The summed E-state index contributed by atoms with van der Waals surface area (Å²) < 4.78 is 0. The molecule has 0 bridgehead atoms. The number of urea groups is 1. The highest BCUT2D eigenvalue weighted by atomic mass is 16.3. The molecular formula is C13H18N2O2. The molecule has 92 valence electrons. The van der Waals surface area contributed by atoms with Crippen LogP contribution in [0.3, 0.4) is 0 Å². The SMILES string of the molecule is O=C(Nc1ccccc1)N[C@H]1CCC[C@H](O)C1. The van der Waals surface area contributed by atoms with Gasteiger partial charge >= 0.3 is 6.03 Å². The van der Waals surface area contributed by atoms with Gasteiger partial charge in [0, 0.05) is 11.7 Å². The first kappa shape index (κ1) is 11.9. The van der Waals surface area contributed by atoms with Crippen molar-refractivity contribution >= 4 is 11.7 Å². The summed E-state index contributed by atoms with van der Waals surface area (Å²) in [5.41, 5.74) is 0.779. The molecular weight excluding hydrogens is 216 g/mol. The van der Waals surface area contributed by atoms with Gasteiger partial charge in [0.15, 0.2) is 0 Å². The van der Waals surface area contributed by atoms with E-state index in [1.165, 1.54) is 0 Å². The van der Waals surface area contributed by atoms with Crippen LogP contribution in [0.4, 0.5) is 10.5 Å². The van der Waals surface area contributed by atoms with Crippen molar-refractivity contribution in [2.45, 2.75) is 37.8 Å². The van der Waals surface area contributed by atoms with Crippen LogP contribution in [0.15, 0.2) is 30.3 Å². The van der Waals surface area contributed by atoms with Gasteiger partial charge in [-0.3, -0.25) is 0 Å². The normalized spacial score (nSPS) is 24.1. The quantitative estimate of drug-likeness (QED) is 0.734. The lowest BCUT2D eigenvalue weighted by Crippen LogP contribution is -2.41. The second kappa shape index (κ2) is 5.68. The van der Waals surface area contributed by atoms with E-state index in [2.05, 4.69) is 10.6 Å². The lowest BCUT2D eigenvalue weighted by atomic mass is 9.93. The summed E-state index contributed by atoms with van der Waals surface area (Å²) in [5, 5.41) is 15.2. The minimum atomic E-state index is -0.272. The van der Waals surface area contributed by atoms with Gasteiger partial charge in [0.25, 0.3) is 0 Å². The molecule has 2 rings (SSSR count). The van der Waals surface area contributed by atoms with E-state index in [1.807, 2.05) is 30.3 Å². The topological polar surface area (TPSA) is 61.4 Å². The Bertz CT molecular complexity index is 367. The third kappa shape index (κ3) is 3.75. The van der Waals surface area contributed by atoms with E-state index < -0.39 is 0 Å². The maximum absolute atomic E-state index is 11.7. The molecule has 2 atom stereocenters. The van der Waals surface area contributed by atoms with Crippen LogP contribution >= 0.6 is 0 Å². The molecule has 0 heterocycles. The second-order valence-electron chi connectivity index (χ2n) is 4.48. The summed E-state index contributed by atoms with van der Waals surface area (Å²) in [6.07, 6.45) is 3.14. The molecule has 0 spiro atoms. The number of rotatable bonds is 2. The minimum Gasteiger partial charge on any atom is -0.393 e. The van der Waals surface area contributed by atoms with Crippen LogP contribution in [0.1, 0.15) is 25.7 Å². The Balaban J connectivity index is 1.81. The summed E-state index contributed by atoms with van der Waals surface area (Å²) >= 11 is 0. The molecule has 1 aliphatic carbocycles. The largest absolute Gasteiger partial charge is 0.393 e. The molecule has 0 saturated heterocycles. The summed E-state index contributed by atoms with van der Waals surface area (Å²) in [5.74, 6) is 0. The first-order valence-corrected chi connectivity index (χ1v) is 6.04.